The molecule has 3 nitrogen and oxygen atoms in total. The van der Waals surface area contributed by atoms with Gasteiger partial charge >= 0.3 is 0 Å². The molecule has 0 aromatic heterocycles. The molecule has 0 heterocycles. The van der Waals surface area contributed by atoms with Gasteiger partial charge in [-0.2, -0.15) is 5.26 Å². The maximum atomic E-state index is 9.27. The Hall–Kier alpha value is -0.590. The van der Waals surface area contributed by atoms with Crippen molar-refractivity contribution in [2.45, 2.75) is 62.9 Å². The summed E-state index contributed by atoms with van der Waals surface area (Å²) in [5, 5.41) is 12.5. The molecule has 0 atom stereocenters. The van der Waals surface area contributed by atoms with E-state index < -0.39 is 0 Å². The normalized spacial score (nSPS) is 33.8. The molecule has 2 fully saturated rings. The predicted octanol–water partition coefficient (Wildman–Crippen LogP) is 2.53. The van der Waals surface area contributed by atoms with Crippen molar-refractivity contribution in [3.63, 3.8) is 0 Å². The van der Waals surface area contributed by atoms with E-state index in [0.717, 1.165) is 31.6 Å². The summed E-state index contributed by atoms with van der Waals surface area (Å²) in [5.41, 5.74) is -0.245. The minimum Gasteiger partial charge on any atom is -0.303 e. The Bertz CT molecular complexity index is 293. The van der Waals surface area contributed by atoms with Crippen LogP contribution in [0.1, 0.15) is 51.4 Å². The lowest BCUT2D eigenvalue weighted by Crippen LogP contribution is -2.49. The van der Waals surface area contributed by atoms with Gasteiger partial charge in [-0.05, 0) is 58.5 Å². The van der Waals surface area contributed by atoms with E-state index in [2.05, 4.69) is 23.3 Å². The summed E-state index contributed by atoms with van der Waals surface area (Å²) >= 11 is 0. The zero-order chi connectivity index (χ0) is 13.0. The van der Waals surface area contributed by atoms with Crippen LogP contribution in [0, 0.1) is 17.2 Å². The molecule has 0 amide bonds. The summed E-state index contributed by atoms with van der Waals surface area (Å²) in [6.07, 6.45) is 10.0. The fourth-order valence-electron chi connectivity index (χ4n) is 3.70. The van der Waals surface area contributed by atoms with Crippen LogP contribution in [0.5, 0.6) is 0 Å². The molecular weight excluding hydrogens is 222 g/mol. The minimum atomic E-state index is -0.245. The maximum Gasteiger partial charge on any atom is 0.106 e. The van der Waals surface area contributed by atoms with E-state index in [0.29, 0.717) is 6.04 Å². The van der Waals surface area contributed by atoms with Crippen LogP contribution in [-0.2, 0) is 0 Å². The average Bonchev–Trinajstić information content (AvgIpc) is 2.91. The molecule has 18 heavy (non-hydrogen) atoms. The van der Waals surface area contributed by atoms with Gasteiger partial charge in [0.15, 0.2) is 0 Å². The van der Waals surface area contributed by atoms with Crippen molar-refractivity contribution >= 4 is 0 Å². The van der Waals surface area contributed by atoms with E-state index >= 15 is 0 Å². The van der Waals surface area contributed by atoms with Gasteiger partial charge in [-0.1, -0.05) is 12.8 Å². The number of nitrogens with one attached hydrogen (secondary N) is 1. The lowest BCUT2D eigenvalue weighted by atomic mass is 9.80. The summed E-state index contributed by atoms with van der Waals surface area (Å²) in [4.78, 5) is 2.56. The van der Waals surface area contributed by atoms with Crippen molar-refractivity contribution in [3.8, 4) is 6.07 Å². The Morgan fingerprint density at radius 2 is 1.83 bits per heavy atom. The third-order valence-corrected chi connectivity index (χ3v) is 5.15. The quantitative estimate of drug-likeness (QED) is 0.832. The molecule has 0 saturated heterocycles. The Morgan fingerprint density at radius 3 is 2.33 bits per heavy atom. The number of nitriles is 1. The zero-order valence-corrected chi connectivity index (χ0v) is 11.9. The van der Waals surface area contributed by atoms with Crippen LogP contribution in [0.3, 0.4) is 0 Å². The van der Waals surface area contributed by atoms with Crippen LogP contribution in [0.15, 0.2) is 0 Å². The molecule has 2 aliphatic rings. The van der Waals surface area contributed by atoms with Gasteiger partial charge in [0.05, 0.1) is 6.07 Å². The Kier molecular flexibility index (Phi) is 4.64. The first-order valence-electron chi connectivity index (χ1n) is 7.49. The molecule has 0 bridgehead atoms. The minimum absolute atomic E-state index is 0.245. The maximum absolute atomic E-state index is 9.27. The summed E-state index contributed by atoms with van der Waals surface area (Å²) in [7, 11) is 4.20. The molecule has 0 aromatic rings. The molecular formula is C15H27N3. The zero-order valence-electron chi connectivity index (χ0n) is 11.9. The summed E-state index contributed by atoms with van der Waals surface area (Å²) in [5.74, 6) is 0.932. The highest BCUT2D eigenvalue weighted by molar-refractivity contribution is 5.09. The van der Waals surface area contributed by atoms with Crippen molar-refractivity contribution < 1.29 is 0 Å². The van der Waals surface area contributed by atoms with Gasteiger partial charge in [0.25, 0.3) is 0 Å². The van der Waals surface area contributed by atoms with E-state index in [-0.39, 0.29) is 5.54 Å². The molecule has 2 saturated carbocycles. The van der Waals surface area contributed by atoms with Crippen LogP contribution >= 0.6 is 0 Å². The van der Waals surface area contributed by atoms with Gasteiger partial charge in [-0.3, -0.25) is 0 Å². The molecule has 2 aliphatic carbocycles. The largest absolute Gasteiger partial charge is 0.303 e. The Labute approximate surface area is 112 Å². The number of hydrogen-bond donors (Lipinski definition) is 1. The van der Waals surface area contributed by atoms with E-state index in [1.54, 1.807) is 0 Å². The van der Waals surface area contributed by atoms with Gasteiger partial charge in [-0.15, -0.1) is 0 Å². The molecule has 2 rings (SSSR count). The van der Waals surface area contributed by atoms with Crippen LogP contribution in [0.25, 0.3) is 0 Å². The molecule has 0 spiro atoms. The van der Waals surface area contributed by atoms with Gasteiger partial charge in [-0.25, -0.2) is 0 Å². The number of hydrogen-bond acceptors (Lipinski definition) is 3. The van der Waals surface area contributed by atoms with Crippen LogP contribution in [-0.4, -0.2) is 37.1 Å². The molecule has 102 valence electrons. The molecule has 3 heteroatoms. The highest BCUT2D eigenvalue weighted by atomic mass is 15.1. The Morgan fingerprint density at radius 1 is 1.22 bits per heavy atom. The summed E-state index contributed by atoms with van der Waals surface area (Å²) in [6, 6.07) is 3.16. The van der Waals surface area contributed by atoms with Crippen LogP contribution < -0.4 is 5.32 Å². The third kappa shape index (κ3) is 3.05. The van der Waals surface area contributed by atoms with Crippen molar-refractivity contribution in [2.24, 2.45) is 5.92 Å². The first-order chi connectivity index (χ1) is 8.69. The van der Waals surface area contributed by atoms with E-state index in [9.17, 15) is 5.26 Å². The number of rotatable bonds is 4. The second-order valence-electron chi connectivity index (χ2n) is 6.27. The smallest absolute Gasteiger partial charge is 0.106 e. The topological polar surface area (TPSA) is 39.1 Å². The first kappa shape index (κ1) is 13.8. The van der Waals surface area contributed by atoms with E-state index in [4.69, 9.17) is 0 Å². The lowest BCUT2D eigenvalue weighted by Gasteiger charge is -2.39. The summed E-state index contributed by atoms with van der Waals surface area (Å²) in [6.45, 7) is 1.27. The van der Waals surface area contributed by atoms with Crippen molar-refractivity contribution in [3.05, 3.63) is 0 Å². The standard InChI is InChI=1S/C15H27N3/c1-17-15(12-16)9-7-14(8-10-15)18(2)11-13-5-3-4-6-13/h13-14,17H,3-11H2,1-2H3. The third-order valence-electron chi connectivity index (χ3n) is 5.15. The SMILES string of the molecule is CNC1(C#N)CCC(N(C)CC2CCCC2)CC1. The molecule has 0 radical (unpaired) electrons. The van der Waals surface area contributed by atoms with Gasteiger partial charge in [0, 0.05) is 12.6 Å². The number of nitrogens with zero attached hydrogens (tertiary/aromatic N) is 2. The second-order valence-corrected chi connectivity index (χ2v) is 6.27. The van der Waals surface area contributed by atoms with E-state index in [1.807, 2.05) is 7.05 Å². The molecule has 1 N–H and O–H groups in total. The van der Waals surface area contributed by atoms with Crippen molar-refractivity contribution in [2.75, 3.05) is 20.6 Å². The fraction of sp³-hybridized carbons (Fsp3) is 0.933. The monoisotopic (exact) mass is 249 g/mol. The predicted molar refractivity (Wildman–Crippen MR) is 74.2 cm³/mol. The van der Waals surface area contributed by atoms with Crippen LogP contribution in [0.4, 0.5) is 0 Å². The Balaban J connectivity index is 1.80. The second kappa shape index (κ2) is 6.04. The van der Waals surface area contributed by atoms with Gasteiger partial charge < -0.3 is 10.2 Å². The van der Waals surface area contributed by atoms with Crippen molar-refractivity contribution in [1.29, 1.82) is 5.26 Å². The van der Waals surface area contributed by atoms with Gasteiger partial charge in [0.1, 0.15) is 5.54 Å². The van der Waals surface area contributed by atoms with Gasteiger partial charge in [0.2, 0.25) is 0 Å². The first-order valence-corrected chi connectivity index (χ1v) is 7.49. The summed E-state index contributed by atoms with van der Waals surface area (Å²) < 4.78 is 0. The highest BCUT2D eigenvalue weighted by Gasteiger charge is 2.35. The average molecular weight is 249 g/mol. The van der Waals surface area contributed by atoms with E-state index in [1.165, 1.54) is 32.2 Å². The highest BCUT2D eigenvalue weighted by Crippen LogP contribution is 2.32. The molecule has 0 aromatic carbocycles. The van der Waals surface area contributed by atoms with Crippen molar-refractivity contribution in [1.82, 2.24) is 10.2 Å². The molecule has 0 unspecified atom stereocenters. The molecule has 0 aliphatic heterocycles. The lowest BCUT2D eigenvalue weighted by molar-refractivity contribution is 0.140. The fourth-order valence-corrected chi connectivity index (χ4v) is 3.70. The van der Waals surface area contributed by atoms with Crippen LogP contribution in [0.2, 0.25) is 0 Å².